The Bertz CT molecular complexity index is 1710. The van der Waals surface area contributed by atoms with E-state index in [-0.39, 0.29) is 0 Å². The number of para-hydroxylation sites is 1. The molecule has 2 nitrogen and oxygen atoms in total. The van der Waals surface area contributed by atoms with Crippen molar-refractivity contribution >= 4 is 55.8 Å². The molecule has 0 spiro atoms. The maximum Gasteiger partial charge on any atom is 0.175 e. The topological polar surface area (TPSA) is 30.2 Å². The van der Waals surface area contributed by atoms with E-state index in [0.717, 1.165) is 59.8 Å². The number of rotatable bonds is 1. The van der Waals surface area contributed by atoms with E-state index in [1.165, 1.54) is 0 Å². The summed E-state index contributed by atoms with van der Waals surface area (Å²) >= 11 is 0. The molecule has 1 aliphatic rings. The number of benzene rings is 5. The lowest BCUT2D eigenvalue weighted by atomic mass is 9.97. The molecule has 146 valence electrons. The molecule has 0 saturated carbocycles. The molecule has 2 heterocycles. The van der Waals surface area contributed by atoms with Crippen LogP contribution in [-0.4, -0.2) is 0 Å². The molecule has 0 amide bonds. The predicted molar refractivity (Wildman–Crippen MR) is 130 cm³/mol. The highest BCUT2D eigenvalue weighted by molar-refractivity contribution is 7.86. The Kier molecular flexibility index (Phi) is 3.29. The third kappa shape index (κ3) is 2.10. The summed E-state index contributed by atoms with van der Waals surface area (Å²) in [6, 6.07) is 34.6. The molecule has 3 heteroatoms. The minimum atomic E-state index is -3.10. The molecule has 0 bridgehead atoms. The standard InChI is InChI=1S/C28H17O2P/c29-31(19-9-2-1-3-10-19)25-17-14-18-8-4-5-11-20(18)26(25)23-16-15-22-21-12-6-7-13-24(21)30-27(22)28(23)31/h1-17H. The molecule has 31 heavy (non-hydrogen) atoms. The van der Waals surface area contributed by atoms with Crippen LogP contribution >= 0.6 is 7.14 Å². The van der Waals surface area contributed by atoms with Crippen molar-refractivity contribution in [3.63, 3.8) is 0 Å². The number of furan rings is 1. The van der Waals surface area contributed by atoms with Crippen LogP contribution in [0.25, 0.3) is 43.8 Å². The SMILES string of the molecule is O=P1(c2ccccc2)c2ccc3ccccc3c2-c2ccc3c(oc4ccccc43)c21. The lowest BCUT2D eigenvalue weighted by molar-refractivity contribution is 0.592. The van der Waals surface area contributed by atoms with E-state index in [4.69, 9.17) is 4.42 Å². The second-order valence-corrected chi connectivity index (χ2v) is 10.7. The Balaban J connectivity index is 1.73. The predicted octanol–water partition coefficient (Wildman–Crippen LogP) is 6.36. The van der Waals surface area contributed by atoms with Crippen LogP contribution in [-0.2, 0) is 4.57 Å². The van der Waals surface area contributed by atoms with Gasteiger partial charge in [0.25, 0.3) is 0 Å². The largest absolute Gasteiger partial charge is 0.455 e. The normalized spacial score (nSPS) is 17.3. The number of hydrogen-bond donors (Lipinski definition) is 0. The summed E-state index contributed by atoms with van der Waals surface area (Å²) in [6.45, 7) is 0. The molecule has 1 aromatic heterocycles. The zero-order chi connectivity index (χ0) is 20.6. The third-order valence-electron chi connectivity index (χ3n) is 6.47. The van der Waals surface area contributed by atoms with Gasteiger partial charge >= 0.3 is 0 Å². The van der Waals surface area contributed by atoms with E-state index >= 15 is 4.57 Å². The van der Waals surface area contributed by atoms with Gasteiger partial charge in [-0.05, 0) is 34.5 Å². The summed E-state index contributed by atoms with van der Waals surface area (Å²) in [5.74, 6) is 0. The van der Waals surface area contributed by atoms with Gasteiger partial charge in [0.05, 0.1) is 5.30 Å². The van der Waals surface area contributed by atoms with Crippen molar-refractivity contribution in [3.05, 3.63) is 103 Å². The fourth-order valence-corrected chi connectivity index (χ4v) is 8.31. The average Bonchev–Trinajstić information content (AvgIpc) is 3.33. The smallest absolute Gasteiger partial charge is 0.175 e. The number of fused-ring (bicyclic) bond motifs is 9. The van der Waals surface area contributed by atoms with Crippen LogP contribution in [0.4, 0.5) is 0 Å². The average molecular weight is 416 g/mol. The summed E-state index contributed by atoms with van der Waals surface area (Å²) in [5, 5.41) is 6.93. The molecule has 5 aromatic carbocycles. The van der Waals surface area contributed by atoms with Gasteiger partial charge in [-0.1, -0.05) is 84.9 Å². The highest BCUT2D eigenvalue weighted by Crippen LogP contribution is 2.56. The Hall–Kier alpha value is -3.61. The summed E-state index contributed by atoms with van der Waals surface area (Å²) in [6.07, 6.45) is 0. The van der Waals surface area contributed by atoms with Crippen LogP contribution in [0.15, 0.2) is 108 Å². The van der Waals surface area contributed by atoms with Gasteiger partial charge in [0.1, 0.15) is 11.2 Å². The zero-order valence-electron chi connectivity index (χ0n) is 16.6. The van der Waals surface area contributed by atoms with Crippen molar-refractivity contribution < 1.29 is 8.98 Å². The lowest BCUT2D eigenvalue weighted by Gasteiger charge is -2.16. The maximum absolute atomic E-state index is 15.1. The maximum atomic E-state index is 15.1. The van der Waals surface area contributed by atoms with Crippen LogP contribution in [0.2, 0.25) is 0 Å². The van der Waals surface area contributed by atoms with Crippen LogP contribution in [0, 0.1) is 0 Å². The Labute approximate surface area is 179 Å². The van der Waals surface area contributed by atoms with Gasteiger partial charge < -0.3 is 8.98 Å². The Morgan fingerprint density at radius 1 is 0.613 bits per heavy atom. The highest BCUT2D eigenvalue weighted by atomic mass is 31.2. The van der Waals surface area contributed by atoms with E-state index in [2.05, 4.69) is 42.5 Å². The van der Waals surface area contributed by atoms with Crippen LogP contribution in [0.1, 0.15) is 0 Å². The minimum Gasteiger partial charge on any atom is -0.455 e. The third-order valence-corrected chi connectivity index (χ3v) is 9.62. The van der Waals surface area contributed by atoms with Gasteiger partial charge in [-0.25, -0.2) is 0 Å². The van der Waals surface area contributed by atoms with Crippen molar-refractivity contribution in [2.75, 3.05) is 0 Å². The second kappa shape index (κ2) is 5.97. The van der Waals surface area contributed by atoms with Crippen LogP contribution < -0.4 is 15.9 Å². The first-order chi connectivity index (χ1) is 15.3. The van der Waals surface area contributed by atoms with E-state index in [9.17, 15) is 0 Å². The summed E-state index contributed by atoms with van der Waals surface area (Å²) in [4.78, 5) is 0. The molecule has 7 rings (SSSR count). The molecule has 1 unspecified atom stereocenters. The molecule has 0 fully saturated rings. The molecule has 0 aliphatic carbocycles. The Morgan fingerprint density at radius 3 is 2.23 bits per heavy atom. The molecule has 0 N–H and O–H groups in total. The monoisotopic (exact) mass is 416 g/mol. The summed E-state index contributed by atoms with van der Waals surface area (Å²) < 4.78 is 21.5. The lowest BCUT2D eigenvalue weighted by Crippen LogP contribution is -2.21. The quantitative estimate of drug-likeness (QED) is 0.292. The van der Waals surface area contributed by atoms with E-state index in [1.807, 2.05) is 60.7 Å². The van der Waals surface area contributed by atoms with E-state index in [1.54, 1.807) is 0 Å². The zero-order valence-corrected chi connectivity index (χ0v) is 17.5. The van der Waals surface area contributed by atoms with Gasteiger partial charge in [0.15, 0.2) is 7.14 Å². The van der Waals surface area contributed by atoms with E-state index < -0.39 is 7.14 Å². The summed E-state index contributed by atoms with van der Waals surface area (Å²) in [5.41, 5.74) is 3.66. The van der Waals surface area contributed by atoms with Gasteiger partial charge in [-0.3, -0.25) is 0 Å². The van der Waals surface area contributed by atoms with Crippen molar-refractivity contribution in [3.8, 4) is 11.1 Å². The van der Waals surface area contributed by atoms with Crippen LogP contribution in [0.3, 0.4) is 0 Å². The second-order valence-electron chi connectivity index (χ2n) is 8.06. The van der Waals surface area contributed by atoms with Crippen molar-refractivity contribution in [1.82, 2.24) is 0 Å². The molecule has 0 radical (unpaired) electrons. The van der Waals surface area contributed by atoms with E-state index in [0.29, 0.717) is 0 Å². The molecule has 1 aliphatic heterocycles. The molecular weight excluding hydrogens is 399 g/mol. The summed E-state index contributed by atoms with van der Waals surface area (Å²) in [7, 11) is -3.10. The van der Waals surface area contributed by atoms with Gasteiger partial charge in [-0.2, -0.15) is 0 Å². The van der Waals surface area contributed by atoms with Gasteiger partial charge in [0, 0.05) is 26.9 Å². The first kappa shape index (κ1) is 17.1. The minimum absolute atomic E-state index is 0.742. The fourth-order valence-electron chi connectivity index (χ4n) is 5.12. The van der Waals surface area contributed by atoms with Gasteiger partial charge in [0.2, 0.25) is 0 Å². The Morgan fingerprint density at radius 2 is 1.35 bits per heavy atom. The highest BCUT2D eigenvalue weighted by Gasteiger charge is 2.43. The molecular formula is C28H17O2P. The molecule has 6 aromatic rings. The van der Waals surface area contributed by atoms with Crippen molar-refractivity contribution in [2.45, 2.75) is 0 Å². The van der Waals surface area contributed by atoms with Crippen LogP contribution in [0.5, 0.6) is 0 Å². The first-order valence-corrected chi connectivity index (χ1v) is 12.1. The number of hydrogen-bond acceptors (Lipinski definition) is 2. The van der Waals surface area contributed by atoms with Crippen molar-refractivity contribution in [1.29, 1.82) is 0 Å². The molecule has 1 atom stereocenters. The van der Waals surface area contributed by atoms with Crippen molar-refractivity contribution in [2.24, 2.45) is 0 Å². The fraction of sp³-hybridized carbons (Fsp3) is 0. The first-order valence-electron chi connectivity index (χ1n) is 10.4. The van der Waals surface area contributed by atoms with Gasteiger partial charge in [-0.15, -0.1) is 0 Å². The molecule has 0 saturated heterocycles.